The van der Waals surface area contributed by atoms with Gasteiger partial charge in [0.1, 0.15) is 12.4 Å². The molecule has 0 aromatic heterocycles. The van der Waals surface area contributed by atoms with Gasteiger partial charge in [0, 0.05) is 0 Å². The van der Waals surface area contributed by atoms with Gasteiger partial charge in [0.2, 0.25) is 0 Å². The van der Waals surface area contributed by atoms with Crippen molar-refractivity contribution in [2.24, 2.45) is 5.73 Å². The van der Waals surface area contributed by atoms with Crippen molar-refractivity contribution >= 4 is 0 Å². The molecular weight excluding hydrogens is 279 g/mol. The minimum atomic E-state index is -4.37. The fourth-order valence-electron chi connectivity index (χ4n) is 1.93. The van der Waals surface area contributed by atoms with Crippen LogP contribution in [0.4, 0.5) is 13.2 Å². The van der Waals surface area contributed by atoms with Gasteiger partial charge in [0.25, 0.3) is 0 Å². The molecule has 2 aromatic carbocycles. The lowest BCUT2D eigenvalue weighted by molar-refractivity contribution is -0.137. The van der Waals surface area contributed by atoms with Crippen LogP contribution in [0.3, 0.4) is 0 Å². The number of aryl methyl sites for hydroxylation is 1. The van der Waals surface area contributed by atoms with Crippen LogP contribution in [0.1, 0.15) is 22.7 Å². The molecule has 0 saturated heterocycles. The summed E-state index contributed by atoms with van der Waals surface area (Å²) in [6.07, 6.45) is -4.37. The van der Waals surface area contributed by atoms with E-state index < -0.39 is 17.8 Å². The fraction of sp³-hybridized carbons (Fsp3) is 0.250. The van der Waals surface area contributed by atoms with E-state index in [1.54, 1.807) is 12.1 Å². The van der Waals surface area contributed by atoms with E-state index in [9.17, 15) is 13.2 Å². The van der Waals surface area contributed by atoms with Crippen LogP contribution in [0.5, 0.6) is 5.75 Å². The van der Waals surface area contributed by atoms with Gasteiger partial charge in [-0.1, -0.05) is 24.3 Å². The Balaban J connectivity index is 2.05. The number of nitrogens with two attached hydrogens (primary N) is 1. The lowest BCUT2D eigenvalue weighted by Crippen LogP contribution is -2.19. The summed E-state index contributed by atoms with van der Waals surface area (Å²) < 4.78 is 43.5. The number of benzene rings is 2. The van der Waals surface area contributed by atoms with E-state index in [1.807, 2.05) is 25.1 Å². The second-order valence-corrected chi connectivity index (χ2v) is 4.86. The molecule has 21 heavy (non-hydrogen) atoms. The first-order chi connectivity index (χ1) is 9.86. The van der Waals surface area contributed by atoms with Crippen molar-refractivity contribution < 1.29 is 17.9 Å². The molecule has 2 rings (SSSR count). The third kappa shape index (κ3) is 4.23. The van der Waals surface area contributed by atoms with Gasteiger partial charge in [0.15, 0.2) is 0 Å². The molecule has 5 heteroatoms. The molecule has 0 fully saturated rings. The van der Waals surface area contributed by atoms with Gasteiger partial charge in [-0.3, -0.25) is 0 Å². The minimum absolute atomic E-state index is 0.116. The quantitative estimate of drug-likeness (QED) is 0.922. The topological polar surface area (TPSA) is 35.2 Å². The lowest BCUT2D eigenvalue weighted by Gasteiger charge is -2.15. The Morgan fingerprint density at radius 1 is 1.10 bits per heavy atom. The molecule has 2 N–H and O–H groups in total. The molecule has 0 heterocycles. The maximum absolute atomic E-state index is 12.7. The Morgan fingerprint density at radius 3 is 2.48 bits per heavy atom. The molecule has 1 atom stereocenters. The Morgan fingerprint density at radius 2 is 1.81 bits per heavy atom. The van der Waals surface area contributed by atoms with Crippen LogP contribution in [0.15, 0.2) is 48.5 Å². The van der Waals surface area contributed by atoms with Gasteiger partial charge in [-0.2, -0.15) is 13.2 Å². The van der Waals surface area contributed by atoms with Crippen molar-refractivity contribution in [1.82, 2.24) is 0 Å². The number of rotatable bonds is 4. The van der Waals surface area contributed by atoms with Crippen molar-refractivity contribution in [3.63, 3.8) is 0 Å². The summed E-state index contributed by atoms with van der Waals surface area (Å²) in [5, 5.41) is 0. The minimum Gasteiger partial charge on any atom is -0.492 e. The first-order valence-corrected chi connectivity index (χ1v) is 6.48. The molecule has 0 aliphatic rings. The zero-order valence-electron chi connectivity index (χ0n) is 11.5. The van der Waals surface area contributed by atoms with Gasteiger partial charge in [0.05, 0.1) is 11.6 Å². The fourth-order valence-corrected chi connectivity index (χ4v) is 1.93. The van der Waals surface area contributed by atoms with Crippen LogP contribution in [0, 0.1) is 6.92 Å². The Kier molecular flexibility index (Phi) is 4.53. The summed E-state index contributed by atoms with van der Waals surface area (Å²) in [6, 6.07) is 11.8. The molecule has 0 saturated carbocycles. The first kappa shape index (κ1) is 15.4. The van der Waals surface area contributed by atoms with Gasteiger partial charge in [-0.15, -0.1) is 0 Å². The molecule has 0 amide bonds. The Labute approximate surface area is 121 Å². The molecule has 2 aromatic rings. The average molecular weight is 295 g/mol. The third-order valence-corrected chi connectivity index (χ3v) is 3.06. The highest BCUT2D eigenvalue weighted by Crippen LogP contribution is 2.30. The summed E-state index contributed by atoms with van der Waals surface area (Å²) in [4.78, 5) is 0. The molecule has 0 bridgehead atoms. The van der Waals surface area contributed by atoms with Crippen molar-refractivity contribution in [3.8, 4) is 5.75 Å². The summed E-state index contributed by atoms with van der Waals surface area (Å²) in [5.74, 6) is 0.650. The number of hydrogen-bond donors (Lipinski definition) is 1. The largest absolute Gasteiger partial charge is 0.492 e. The van der Waals surface area contributed by atoms with Crippen LogP contribution in [-0.4, -0.2) is 6.61 Å². The average Bonchev–Trinajstić information content (AvgIpc) is 2.44. The van der Waals surface area contributed by atoms with E-state index in [1.165, 1.54) is 6.07 Å². The SMILES string of the molecule is Cc1cccc(OCC(N)c2cccc(C(F)(F)F)c2)c1. The summed E-state index contributed by atoms with van der Waals surface area (Å²) in [5.41, 5.74) is 6.64. The summed E-state index contributed by atoms with van der Waals surface area (Å²) in [7, 11) is 0. The van der Waals surface area contributed by atoms with Crippen molar-refractivity contribution in [1.29, 1.82) is 0 Å². The number of alkyl halides is 3. The molecule has 0 aliphatic heterocycles. The van der Waals surface area contributed by atoms with E-state index >= 15 is 0 Å². The highest BCUT2D eigenvalue weighted by Gasteiger charge is 2.30. The molecule has 112 valence electrons. The number of hydrogen-bond acceptors (Lipinski definition) is 2. The normalized spacial score (nSPS) is 13.0. The lowest BCUT2D eigenvalue weighted by atomic mass is 10.0. The maximum Gasteiger partial charge on any atom is 0.416 e. The Bertz CT molecular complexity index is 610. The highest BCUT2D eigenvalue weighted by atomic mass is 19.4. The van der Waals surface area contributed by atoms with Crippen LogP contribution < -0.4 is 10.5 Å². The summed E-state index contributed by atoms with van der Waals surface area (Å²) in [6.45, 7) is 2.05. The predicted octanol–water partition coefficient (Wildman–Crippen LogP) is 4.09. The zero-order valence-corrected chi connectivity index (χ0v) is 11.5. The van der Waals surface area contributed by atoms with E-state index in [2.05, 4.69) is 0 Å². The van der Waals surface area contributed by atoms with Crippen LogP contribution in [-0.2, 0) is 6.18 Å². The second-order valence-electron chi connectivity index (χ2n) is 4.86. The Hall–Kier alpha value is -2.01. The van der Waals surface area contributed by atoms with Crippen LogP contribution >= 0.6 is 0 Å². The van der Waals surface area contributed by atoms with E-state index in [0.717, 1.165) is 17.7 Å². The summed E-state index contributed by atoms with van der Waals surface area (Å²) >= 11 is 0. The van der Waals surface area contributed by atoms with Crippen LogP contribution in [0.25, 0.3) is 0 Å². The first-order valence-electron chi connectivity index (χ1n) is 6.48. The zero-order chi connectivity index (χ0) is 15.5. The third-order valence-electron chi connectivity index (χ3n) is 3.06. The monoisotopic (exact) mass is 295 g/mol. The number of ether oxygens (including phenoxy) is 1. The maximum atomic E-state index is 12.7. The van der Waals surface area contributed by atoms with Gasteiger partial charge >= 0.3 is 6.18 Å². The van der Waals surface area contributed by atoms with Crippen molar-refractivity contribution in [2.75, 3.05) is 6.61 Å². The van der Waals surface area contributed by atoms with Gasteiger partial charge < -0.3 is 10.5 Å². The number of halogens is 3. The predicted molar refractivity (Wildman–Crippen MR) is 75.0 cm³/mol. The van der Waals surface area contributed by atoms with E-state index in [4.69, 9.17) is 10.5 Å². The molecule has 1 unspecified atom stereocenters. The molecule has 2 nitrogen and oxygen atoms in total. The van der Waals surface area contributed by atoms with Crippen molar-refractivity contribution in [2.45, 2.75) is 19.1 Å². The van der Waals surface area contributed by atoms with Crippen LogP contribution in [0.2, 0.25) is 0 Å². The molecular formula is C16H16F3NO. The van der Waals surface area contributed by atoms with Crippen molar-refractivity contribution in [3.05, 3.63) is 65.2 Å². The second kappa shape index (κ2) is 6.18. The van der Waals surface area contributed by atoms with Gasteiger partial charge in [-0.05, 0) is 42.3 Å². The molecule has 0 radical (unpaired) electrons. The molecule has 0 aliphatic carbocycles. The van der Waals surface area contributed by atoms with E-state index in [0.29, 0.717) is 11.3 Å². The molecule has 0 spiro atoms. The van der Waals surface area contributed by atoms with E-state index in [-0.39, 0.29) is 6.61 Å². The highest BCUT2D eigenvalue weighted by molar-refractivity contribution is 5.29. The van der Waals surface area contributed by atoms with Gasteiger partial charge in [-0.25, -0.2) is 0 Å². The smallest absolute Gasteiger partial charge is 0.416 e. The standard InChI is InChI=1S/C16H16F3NO/c1-11-4-2-7-14(8-11)21-10-15(20)12-5-3-6-13(9-12)16(17,18)19/h2-9,15H,10,20H2,1H3.